The quantitative estimate of drug-likeness (QED) is 0.376. The zero-order valence-electron chi connectivity index (χ0n) is 15.5. The Bertz CT molecular complexity index is 869. The van der Waals surface area contributed by atoms with E-state index in [1.165, 1.54) is 0 Å². The number of thiophene rings is 1. The van der Waals surface area contributed by atoms with E-state index in [4.69, 9.17) is 28.0 Å². The van der Waals surface area contributed by atoms with Crippen LogP contribution in [-0.4, -0.2) is 47.9 Å². The van der Waals surface area contributed by atoms with Gasteiger partial charge in [0.25, 0.3) is 0 Å². The van der Waals surface area contributed by atoms with Crippen molar-refractivity contribution in [1.29, 1.82) is 0 Å². The highest BCUT2D eigenvalue weighted by atomic mass is 35.5. The van der Waals surface area contributed by atoms with Gasteiger partial charge < -0.3 is 9.94 Å². The molecule has 0 bridgehead atoms. The Balaban J connectivity index is 1.70. The molecule has 0 amide bonds. The standard InChI is InChI=1S/C20H22Cl2N2O3S/c1-13-6-10-28-19(13)18(16-5-4-15(21)11-17(16)22)23-27-9-8-24-7-2-3-14(12-24)20(25)26/h4-6,10-11,14H,2-3,7-9,12H2,1H3,(H,25,26)/b23-18+/t14-/m1/s1. The van der Waals surface area contributed by atoms with E-state index in [-0.39, 0.29) is 5.92 Å². The SMILES string of the molecule is Cc1ccsc1/C(=N/OCCN1CCC[C@@H](C(=O)O)C1)c1ccc(Cl)cc1Cl. The number of rotatable bonds is 7. The number of halogens is 2. The number of benzene rings is 1. The number of aryl methyl sites for hydroxylation is 1. The summed E-state index contributed by atoms with van der Waals surface area (Å²) in [6.45, 7) is 4.48. The molecule has 2 aromatic rings. The summed E-state index contributed by atoms with van der Waals surface area (Å²) >= 11 is 14.0. The molecule has 1 N–H and O–H groups in total. The van der Waals surface area contributed by atoms with E-state index in [0.717, 1.165) is 35.4 Å². The minimum atomic E-state index is -0.725. The maximum atomic E-state index is 11.2. The summed E-state index contributed by atoms with van der Waals surface area (Å²) < 4.78 is 0. The van der Waals surface area contributed by atoms with Crippen molar-refractivity contribution >= 4 is 46.2 Å². The first-order valence-electron chi connectivity index (χ1n) is 9.10. The lowest BCUT2D eigenvalue weighted by Crippen LogP contribution is -2.40. The molecule has 0 aliphatic carbocycles. The lowest BCUT2D eigenvalue weighted by atomic mass is 9.98. The van der Waals surface area contributed by atoms with Crippen molar-refractivity contribution < 1.29 is 14.7 Å². The average Bonchev–Trinajstić information content (AvgIpc) is 3.08. The summed E-state index contributed by atoms with van der Waals surface area (Å²) in [7, 11) is 0. The van der Waals surface area contributed by atoms with Gasteiger partial charge in [0.2, 0.25) is 0 Å². The van der Waals surface area contributed by atoms with E-state index >= 15 is 0 Å². The lowest BCUT2D eigenvalue weighted by Gasteiger charge is -2.29. The predicted octanol–water partition coefficient (Wildman–Crippen LogP) is 4.93. The third kappa shape index (κ3) is 5.26. The maximum absolute atomic E-state index is 11.2. The second-order valence-electron chi connectivity index (χ2n) is 6.81. The molecular weight excluding hydrogens is 419 g/mol. The van der Waals surface area contributed by atoms with Crippen molar-refractivity contribution in [3.63, 3.8) is 0 Å². The van der Waals surface area contributed by atoms with Crippen molar-refractivity contribution in [3.05, 3.63) is 55.7 Å². The molecule has 3 rings (SSSR count). The number of aliphatic carboxylic acids is 1. The van der Waals surface area contributed by atoms with Gasteiger partial charge in [-0.15, -0.1) is 11.3 Å². The molecule has 1 fully saturated rings. The minimum absolute atomic E-state index is 0.297. The summed E-state index contributed by atoms with van der Waals surface area (Å²) in [5, 5.41) is 16.7. The fraction of sp³-hybridized carbons (Fsp3) is 0.400. The normalized spacial score (nSPS) is 18.2. The number of likely N-dealkylation sites (tertiary alicyclic amines) is 1. The van der Waals surface area contributed by atoms with Gasteiger partial charge in [-0.2, -0.15) is 0 Å². The Morgan fingerprint density at radius 3 is 2.89 bits per heavy atom. The van der Waals surface area contributed by atoms with Crippen molar-refractivity contribution in [1.82, 2.24) is 4.90 Å². The second kappa shape index (κ2) is 9.74. The lowest BCUT2D eigenvalue weighted by molar-refractivity contribution is -0.143. The van der Waals surface area contributed by atoms with Gasteiger partial charge in [0.1, 0.15) is 12.3 Å². The van der Waals surface area contributed by atoms with Crippen LogP contribution < -0.4 is 0 Å². The van der Waals surface area contributed by atoms with Gasteiger partial charge >= 0.3 is 5.97 Å². The van der Waals surface area contributed by atoms with E-state index in [1.54, 1.807) is 23.5 Å². The first-order chi connectivity index (χ1) is 13.5. The highest BCUT2D eigenvalue weighted by molar-refractivity contribution is 7.12. The molecule has 0 spiro atoms. The molecule has 1 saturated heterocycles. The van der Waals surface area contributed by atoms with Crippen LogP contribution in [-0.2, 0) is 9.63 Å². The van der Waals surface area contributed by atoms with Gasteiger partial charge in [-0.05, 0) is 61.5 Å². The number of hydrogen-bond acceptors (Lipinski definition) is 5. The van der Waals surface area contributed by atoms with E-state index in [0.29, 0.717) is 35.5 Å². The molecule has 1 aliphatic rings. The van der Waals surface area contributed by atoms with Gasteiger partial charge in [0, 0.05) is 23.7 Å². The number of piperidine rings is 1. The predicted molar refractivity (Wildman–Crippen MR) is 114 cm³/mol. The molecule has 1 aromatic heterocycles. The topological polar surface area (TPSA) is 62.1 Å². The van der Waals surface area contributed by atoms with Gasteiger partial charge in [-0.1, -0.05) is 28.4 Å². The molecular formula is C20H22Cl2N2O3S. The van der Waals surface area contributed by atoms with E-state index < -0.39 is 5.97 Å². The smallest absolute Gasteiger partial charge is 0.307 e. The summed E-state index contributed by atoms with van der Waals surface area (Å²) in [5.74, 6) is -1.02. The minimum Gasteiger partial charge on any atom is -0.481 e. The zero-order valence-corrected chi connectivity index (χ0v) is 17.9. The molecule has 150 valence electrons. The number of carboxylic acids is 1. The molecule has 1 aliphatic heterocycles. The first kappa shape index (κ1) is 21.1. The third-order valence-corrected chi connectivity index (χ3v) is 6.34. The van der Waals surface area contributed by atoms with Crippen LogP contribution in [0.15, 0.2) is 34.8 Å². The summed E-state index contributed by atoms with van der Waals surface area (Å²) in [5.41, 5.74) is 2.54. The van der Waals surface area contributed by atoms with E-state index in [1.807, 2.05) is 24.4 Å². The largest absolute Gasteiger partial charge is 0.481 e. The highest BCUT2D eigenvalue weighted by Crippen LogP contribution is 2.27. The molecule has 8 heteroatoms. The van der Waals surface area contributed by atoms with Gasteiger partial charge in [0.05, 0.1) is 15.8 Å². The second-order valence-corrected chi connectivity index (χ2v) is 8.57. The fourth-order valence-electron chi connectivity index (χ4n) is 3.25. The Labute approximate surface area is 178 Å². The molecule has 2 heterocycles. The van der Waals surface area contributed by atoms with Gasteiger partial charge in [-0.25, -0.2) is 0 Å². The van der Waals surface area contributed by atoms with Crippen LogP contribution in [0.3, 0.4) is 0 Å². The maximum Gasteiger partial charge on any atom is 0.307 e. The zero-order chi connectivity index (χ0) is 20.1. The van der Waals surface area contributed by atoms with Crippen molar-refractivity contribution in [2.24, 2.45) is 11.1 Å². The van der Waals surface area contributed by atoms with Crippen molar-refractivity contribution in [2.75, 3.05) is 26.2 Å². The Morgan fingerprint density at radius 1 is 1.39 bits per heavy atom. The highest BCUT2D eigenvalue weighted by Gasteiger charge is 2.25. The number of hydrogen-bond donors (Lipinski definition) is 1. The molecule has 0 radical (unpaired) electrons. The number of carboxylic acid groups (broad SMARTS) is 1. The Hall–Kier alpha value is -1.60. The van der Waals surface area contributed by atoms with Crippen LogP contribution in [0.2, 0.25) is 10.0 Å². The summed E-state index contributed by atoms with van der Waals surface area (Å²) in [4.78, 5) is 19.9. The Morgan fingerprint density at radius 2 is 2.21 bits per heavy atom. The number of carbonyl (C=O) groups is 1. The number of oxime groups is 1. The van der Waals surface area contributed by atoms with Crippen molar-refractivity contribution in [2.45, 2.75) is 19.8 Å². The first-order valence-corrected chi connectivity index (χ1v) is 10.7. The van der Waals surface area contributed by atoms with Crippen LogP contribution >= 0.6 is 34.5 Å². The summed E-state index contributed by atoms with van der Waals surface area (Å²) in [6, 6.07) is 7.34. The molecule has 5 nitrogen and oxygen atoms in total. The van der Waals surface area contributed by atoms with Crippen LogP contribution in [0.25, 0.3) is 0 Å². The molecule has 28 heavy (non-hydrogen) atoms. The third-order valence-electron chi connectivity index (χ3n) is 4.77. The van der Waals surface area contributed by atoms with Crippen molar-refractivity contribution in [3.8, 4) is 0 Å². The van der Waals surface area contributed by atoms with Gasteiger partial charge in [-0.3, -0.25) is 9.69 Å². The Kier molecular flexibility index (Phi) is 7.35. The van der Waals surface area contributed by atoms with Crippen LogP contribution in [0, 0.1) is 12.8 Å². The average molecular weight is 441 g/mol. The monoisotopic (exact) mass is 440 g/mol. The van der Waals surface area contributed by atoms with E-state index in [2.05, 4.69) is 10.1 Å². The molecule has 1 aromatic carbocycles. The summed E-state index contributed by atoms with van der Waals surface area (Å²) in [6.07, 6.45) is 1.63. The van der Waals surface area contributed by atoms with Gasteiger partial charge in [0.15, 0.2) is 0 Å². The van der Waals surface area contributed by atoms with E-state index in [9.17, 15) is 9.90 Å². The van der Waals surface area contributed by atoms with Crippen LogP contribution in [0.1, 0.15) is 28.8 Å². The number of nitrogens with zero attached hydrogens (tertiary/aromatic N) is 2. The molecule has 0 unspecified atom stereocenters. The molecule has 1 atom stereocenters. The fourth-order valence-corrected chi connectivity index (χ4v) is 4.67. The molecule has 0 saturated carbocycles. The van der Waals surface area contributed by atoms with Crippen LogP contribution in [0.5, 0.6) is 0 Å². The van der Waals surface area contributed by atoms with Crippen LogP contribution in [0.4, 0.5) is 0 Å².